The van der Waals surface area contributed by atoms with Crippen LogP contribution in [0, 0.1) is 0 Å². The van der Waals surface area contributed by atoms with Gasteiger partial charge in [0.25, 0.3) is 0 Å². The van der Waals surface area contributed by atoms with Crippen molar-refractivity contribution in [3.05, 3.63) is 29.8 Å². The number of ether oxygens (including phenoxy) is 1. The molecule has 0 saturated heterocycles. The summed E-state index contributed by atoms with van der Waals surface area (Å²) in [6.45, 7) is 1.78. The Hall–Kier alpha value is -1.27. The molecule has 1 aromatic carbocycles. The van der Waals surface area contributed by atoms with Gasteiger partial charge in [0.1, 0.15) is 5.75 Å². The first kappa shape index (κ1) is 13.8. The third-order valence-electron chi connectivity index (χ3n) is 2.31. The first-order valence-corrected chi connectivity index (χ1v) is 5.13. The summed E-state index contributed by atoms with van der Waals surface area (Å²) in [6, 6.07) is 4.66. The number of aliphatic hydroxyl groups excluding tert-OH is 1. The second-order valence-corrected chi connectivity index (χ2v) is 3.64. The van der Waals surface area contributed by atoms with Gasteiger partial charge in [0.2, 0.25) is 0 Å². The van der Waals surface area contributed by atoms with E-state index in [-0.39, 0.29) is 5.75 Å². The number of alkyl halides is 3. The summed E-state index contributed by atoms with van der Waals surface area (Å²) in [7, 11) is 0. The van der Waals surface area contributed by atoms with E-state index in [9.17, 15) is 18.3 Å². The summed E-state index contributed by atoms with van der Waals surface area (Å²) in [5.74, 6) is -0.364. The second-order valence-electron chi connectivity index (χ2n) is 3.64. The molecule has 0 spiro atoms. The Balaban J connectivity index is 2.86. The first-order valence-electron chi connectivity index (χ1n) is 5.13. The Kier molecular flexibility index (Phi) is 4.36. The lowest BCUT2D eigenvalue weighted by molar-refractivity contribution is -0.274. The highest BCUT2D eigenvalue weighted by Gasteiger charge is 2.31. The van der Waals surface area contributed by atoms with Crippen LogP contribution in [0.3, 0.4) is 0 Å². The topological polar surface area (TPSA) is 55.5 Å². The Morgan fingerprint density at radius 1 is 1.41 bits per heavy atom. The van der Waals surface area contributed by atoms with Crippen molar-refractivity contribution in [2.75, 3.05) is 0 Å². The molecule has 1 aromatic rings. The number of halogens is 3. The van der Waals surface area contributed by atoms with Crippen LogP contribution in [0.1, 0.15) is 25.0 Å². The van der Waals surface area contributed by atoms with Gasteiger partial charge in [-0.15, -0.1) is 13.2 Å². The first-order chi connectivity index (χ1) is 7.83. The minimum atomic E-state index is -4.74. The predicted octanol–water partition coefficient (Wildman–Crippen LogP) is 2.36. The lowest BCUT2D eigenvalue weighted by Gasteiger charge is -2.18. The van der Waals surface area contributed by atoms with Crippen LogP contribution in [0.4, 0.5) is 13.2 Å². The maximum absolute atomic E-state index is 12.0. The van der Waals surface area contributed by atoms with E-state index in [4.69, 9.17) is 5.73 Å². The Morgan fingerprint density at radius 3 is 2.59 bits per heavy atom. The van der Waals surface area contributed by atoms with Crippen LogP contribution in [0.5, 0.6) is 5.75 Å². The monoisotopic (exact) mass is 249 g/mol. The number of benzene rings is 1. The highest BCUT2D eigenvalue weighted by molar-refractivity contribution is 5.30. The molecule has 0 aliphatic heterocycles. The molecule has 0 radical (unpaired) electrons. The summed E-state index contributed by atoms with van der Waals surface area (Å²) >= 11 is 0. The SMILES string of the molecule is CCC(N)C(O)c1cccc(OC(F)(F)F)c1. The largest absolute Gasteiger partial charge is 0.573 e. The van der Waals surface area contributed by atoms with E-state index >= 15 is 0 Å². The zero-order valence-electron chi connectivity index (χ0n) is 9.24. The van der Waals surface area contributed by atoms with Crippen molar-refractivity contribution < 1.29 is 23.0 Å². The molecule has 0 fully saturated rings. The minimum Gasteiger partial charge on any atom is -0.406 e. The van der Waals surface area contributed by atoms with Crippen LogP contribution in [-0.4, -0.2) is 17.5 Å². The van der Waals surface area contributed by atoms with Crippen molar-refractivity contribution in [2.45, 2.75) is 31.9 Å². The average molecular weight is 249 g/mol. The molecule has 3 nitrogen and oxygen atoms in total. The summed E-state index contributed by atoms with van der Waals surface area (Å²) < 4.78 is 39.7. The van der Waals surface area contributed by atoms with Gasteiger partial charge >= 0.3 is 6.36 Å². The van der Waals surface area contributed by atoms with Gasteiger partial charge in [0.15, 0.2) is 0 Å². The zero-order valence-corrected chi connectivity index (χ0v) is 9.24. The maximum atomic E-state index is 12.0. The summed E-state index contributed by atoms with van der Waals surface area (Å²) in [6.07, 6.45) is -5.22. The van der Waals surface area contributed by atoms with E-state index in [1.165, 1.54) is 18.2 Å². The van der Waals surface area contributed by atoms with Gasteiger partial charge < -0.3 is 15.6 Å². The lowest BCUT2D eigenvalue weighted by Crippen LogP contribution is -2.27. The molecule has 2 unspecified atom stereocenters. The molecule has 17 heavy (non-hydrogen) atoms. The standard InChI is InChI=1S/C11H14F3NO2/c1-2-9(15)10(16)7-4-3-5-8(6-7)17-11(12,13)14/h3-6,9-10,16H,2,15H2,1H3. The highest BCUT2D eigenvalue weighted by atomic mass is 19.4. The van der Waals surface area contributed by atoms with Gasteiger partial charge in [0.05, 0.1) is 6.10 Å². The van der Waals surface area contributed by atoms with E-state index in [1.54, 1.807) is 6.92 Å². The number of rotatable bonds is 4. The molecular weight excluding hydrogens is 235 g/mol. The van der Waals surface area contributed by atoms with Crippen molar-refractivity contribution >= 4 is 0 Å². The maximum Gasteiger partial charge on any atom is 0.573 e. The molecule has 0 amide bonds. The van der Waals surface area contributed by atoms with Crippen LogP contribution in [0.15, 0.2) is 24.3 Å². The fourth-order valence-electron chi connectivity index (χ4n) is 1.37. The number of hydrogen-bond acceptors (Lipinski definition) is 3. The minimum absolute atomic E-state index is 0.307. The molecule has 1 rings (SSSR count). The van der Waals surface area contributed by atoms with Crippen LogP contribution < -0.4 is 10.5 Å². The third-order valence-corrected chi connectivity index (χ3v) is 2.31. The lowest BCUT2D eigenvalue weighted by atomic mass is 10.0. The zero-order chi connectivity index (χ0) is 13.1. The van der Waals surface area contributed by atoms with E-state index in [1.807, 2.05) is 0 Å². The van der Waals surface area contributed by atoms with Gasteiger partial charge in [-0.25, -0.2) is 0 Å². The Bertz CT molecular complexity index is 368. The van der Waals surface area contributed by atoms with Crippen molar-refractivity contribution in [1.82, 2.24) is 0 Å². The molecular formula is C11H14F3NO2. The molecule has 0 aliphatic carbocycles. The Labute approximate surface area is 97.0 Å². The summed E-state index contributed by atoms with van der Waals surface area (Å²) in [4.78, 5) is 0. The van der Waals surface area contributed by atoms with Crippen LogP contribution in [0.25, 0.3) is 0 Å². The van der Waals surface area contributed by atoms with Crippen molar-refractivity contribution in [3.8, 4) is 5.75 Å². The third kappa shape index (κ3) is 4.24. The fraction of sp³-hybridized carbons (Fsp3) is 0.455. The number of nitrogens with two attached hydrogens (primary N) is 1. The van der Waals surface area contributed by atoms with Crippen molar-refractivity contribution in [2.24, 2.45) is 5.73 Å². The molecule has 2 atom stereocenters. The summed E-state index contributed by atoms with van der Waals surface area (Å²) in [5, 5.41) is 9.75. The van der Waals surface area contributed by atoms with Gasteiger partial charge in [-0.2, -0.15) is 0 Å². The van der Waals surface area contributed by atoms with E-state index in [0.29, 0.717) is 12.0 Å². The van der Waals surface area contributed by atoms with Crippen LogP contribution in [0.2, 0.25) is 0 Å². The Morgan fingerprint density at radius 2 is 2.06 bits per heavy atom. The predicted molar refractivity (Wildman–Crippen MR) is 56.4 cm³/mol. The molecule has 0 bridgehead atoms. The van der Waals surface area contributed by atoms with Gasteiger partial charge in [-0.3, -0.25) is 0 Å². The van der Waals surface area contributed by atoms with Crippen molar-refractivity contribution in [1.29, 1.82) is 0 Å². The fourth-order valence-corrected chi connectivity index (χ4v) is 1.37. The summed E-state index contributed by atoms with van der Waals surface area (Å²) in [5.41, 5.74) is 5.92. The quantitative estimate of drug-likeness (QED) is 0.861. The van der Waals surface area contributed by atoms with E-state index in [0.717, 1.165) is 6.07 Å². The van der Waals surface area contributed by atoms with Crippen molar-refractivity contribution in [3.63, 3.8) is 0 Å². The molecule has 96 valence electrons. The van der Waals surface area contributed by atoms with Gasteiger partial charge in [0, 0.05) is 6.04 Å². The number of hydrogen-bond donors (Lipinski definition) is 2. The molecule has 3 N–H and O–H groups in total. The highest BCUT2D eigenvalue weighted by Crippen LogP contribution is 2.26. The molecule has 0 aromatic heterocycles. The molecule has 0 aliphatic rings. The molecule has 0 saturated carbocycles. The number of aliphatic hydroxyl groups is 1. The van der Waals surface area contributed by atoms with Gasteiger partial charge in [-0.1, -0.05) is 19.1 Å². The van der Waals surface area contributed by atoms with Crippen LogP contribution in [-0.2, 0) is 0 Å². The molecule has 6 heteroatoms. The smallest absolute Gasteiger partial charge is 0.406 e. The molecule has 0 heterocycles. The van der Waals surface area contributed by atoms with Gasteiger partial charge in [-0.05, 0) is 24.1 Å². The van der Waals surface area contributed by atoms with E-state index < -0.39 is 18.5 Å². The van der Waals surface area contributed by atoms with Crippen LogP contribution >= 0.6 is 0 Å². The van der Waals surface area contributed by atoms with E-state index in [2.05, 4.69) is 4.74 Å². The second kappa shape index (κ2) is 5.37. The normalized spacial score (nSPS) is 15.4. The average Bonchev–Trinajstić information content (AvgIpc) is 2.25.